The van der Waals surface area contributed by atoms with Crippen molar-refractivity contribution in [1.29, 1.82) is 0 Å². The van der Waals surface area contributed by atoms with Crippen molar-refractivity contribution in [3.63, 3.8) is 0 Å². The number of amides is 1. The summed E-state index contributed by atoms with van der Waals surface area (Å²) in [4.78, 5) is 11.9. The normalized spacial score (nSPS) is 11.3. The van der Waals surface area contributed by atoms with E-state index >= 15 is 0 Å². The van der Waals surface area contributed by atoms with Gasteiger partial charge in [-0.3, -0.25) is 4.90 Å². The van der Waals surface area contributed by atoms with Crippen LogP contribution in [0.4, 0.5) is 10.7 Å². The van der Waals surface area contributed by atoms with E-state index in [9.17, 15) is 9.90 Å². The molecule has 0 saturated heterocycles. The molecule has 0 spiro atoms. The van der Waals surface area contributed by atoms with Gasteiger partial charge in [0.25, 0.3) is 0 Å². The summed E-state index contributed by atoms with van der Waals surface area (Å²) in [5.74, 6) is 0.285. The first-order valence-electron chi connectivity index (χ1n) is 3.97. The van der Waals surface area contributed by atoms with E-state index in [0.29, 0.717) is 0 Å². The fraction of sp³-hybridized carbons (Fsp3) is 0.444. The topological polar surface area (TPSA) is 56.5 Å². The molecule has 1 heterocycles. The minimum atomic E-state index is -1.26. The smallest absolute Gasteiger partial charge is 0.201 e. The first kappa shape index (κ1) is 9.64. The second-order valence-electron chi connectivity index (χ2n) is 3.72. The molecule has 1 aromatic rings. The van der Waals surface area contributed by atoms with Crippen molar-refractivity contribution in [1.82, 2.24) is 0 Å². The van der Waals surface area contributed by atoms with Gasteiger partial charge in [0.2, 0.25) is 5.88 Å². The van der Waals surface area contributed by atoms with Gasteiger partial charge in [0.1, 0.15) is 6.09 Å². The Morgan fingerprint density at radius 3 is 2.46 bits per heavy atom. The van der Waals surface area contributed by atoms with Gasteiger partial charge in [0, 0.05) is 11.6 Å². The number of carbonyl (C=O) groups excluding carboxylic acids is 1. The van der Waals surface area contributed by atoms with Crippen LogP contribution in [0.2, 0.25) is 0 Å². The fourth-order valence-electron chi connectivity index (χ4n) is 1.09. The predicted octanol–water partition coefficient (Wildman–Crippen LogP) is 1.23. The summed E-state index contributed by atoms with van der Waals surface area (Å²) in [6.45, 7) is 5.31. The molecule has 0 aliphatic heterocycles. The molecule has 0 bridgehead atoms. The van der Waals surface area contributed by atoms with Gasteiger partial charge in [0.05, 0.1) is 6.26 Å². The maximum absolute atomic E-state index is 10.8. The largest absolute Gasteiger partial charge is 0.530 e. The molecule has 13 heavy (non-hydrogen) atoms. The SMILES string of the molecule is CC(C)(C)N(C(=O)[O-])c1ccco1. The molecule has 72 valence electrons. The molecule has 0 aliphatic rings. The lowest BCUT2D eigenvalue weighted by Crippen LogP contribution is -2.51. The van der Waals surface area contributed by atoms with Gasteiger partial charge in [-0.1, -0.05) is 0 Å². The lowest BCUT2D eigenvalue weighted by molar-refractivity contribution is -0.248. The van der Waals surface area contributed by atoms with Crippen LogP contribution in [0.1, 0.15) is 20.8 Å². The van der Waals surface area contributed by atoms with E-state index < -0.39 is 11.6 Å². The molecule has 0 radical (unpaired) electrons. The highest BCUT2D eigenvalue weighted by Gasteiger charge is 2.24. The molecular formula is C9H12NO3-. The molecule has 0 aromatic carbocycles. The van der Waals surface area contributed by atoms with Crippen LogP contribution in [0.15, 0.2) is 22.8 Å². The molecular weight excluding hydrogens is 170 g/mol. The van der Waals surface area contributed by atoms with Crippen molar-refractivity contribution in [2.45, 2.75) is 26.3 Å². The zero-order valence-electron chi connectivity index (χ0n) is 7.90. The van der Waals surface area contributed by atoms with Crippen LogP contribution in [-0.2, 0) is 0 Å². The highest BCUT2D eigenvalue weighted by atomic mass is 16.4. The summed E-state index contributed by atoms with van der Waals surface area (Å²) in [5.41, 5.74) is -0.559. The molecule has 4 heteroatoms. The minimum Gasteiger partial charge on any atom is -0.530 e. The van der Waals surface area contributed by atoms with Crippen LogP contribution >= 0.6 is 0 Å². The fourth-order valence-corrected chi connectivity index (χ4v) is 1.09. The highest BCUT2D eigenvalue weighted by Crippen LogP contribution is 2.23. The molecule has 0 saturated carbocycles. The average Bonchev–Trinajstić information content (AvgIpc) is 2.34. The maximum Gasteiger partial charge on any atom is 0.201 e. The third kappa shape index (κ3) is 2.02. The van der Waals surface area contributed by atoms with Gasteiger partial charge in [-0.25, -0.2) is 0 Å². The number of rotatable bonds is 1. The zero-order chi connectivity index (χ0) is 10.1. The molecule has 0 unspecified atom stereocenters. The van der Waals surface area contributed by atoms with Gasteiger partial charge >= 0.3 is 0 Å². The molecule has 0 atom stereocenters. The van der Waals surface area contributed by atoms with Crippen LogP contribution in [0.3, 0.4) is 0 Å². The Morgan fingerprint density at radius 2 is 2.15 bits per heavy atom. The van der Waals surface area contributed by atoms with Crippen molar-refractivity contribution in [2.24, 2.45) is 0 Å². The number of nitrogens with zero attached hydrogens (tertiary/aromatic N) is 1. The second kappa shape index (κ2) is 3.12. The summed E-state index contributed by atoms with van der Waals surface area (Å²) in [5, 5.41) is 10.8. The Kier molecular flexibility index (Phi) is 2.32. The third-order valence-corrected chi connectivity index (χ3v) is 1.58. The molecule has 1 amide bonds. The van der Waals surface area contributed by atoms with Crippen LogP contribution < -0.4 is 10.0 Å². The van der Waals surface area contributed by atoms with Crippen LogP contribution in [-0.4, -0.2) is 11.6 Å². The summed E-state index contributed by atoms with van der Waals surface area (Å²) in [6, 6.07) is 3.22. The average molecular weight is 182 g/mol. The quantitative estimate of drug-likeness (QED) is 0.656. The van der Waals surface area contributed by atoms with Crippen molar-refractivity contribution in [3.8, 4) is 0 Å². The van der Waals surface area contributed by atoms with E-state index in [-0.39, 0.29) is 5.88 Å². The van der Waals surface area contributed by atoms with Crippen molar-refractivity contribution < 1.29 is 14.3 Å². The number of anilines is 1. The van der Waals surface area contributed by atoms with Crippen molar-refractivity contribution >= 4 is 12.0 Å². The van der Waals surface area contributed by atoms with Crippen LogP contribution in [0, 0.1) is 0 Å². The highest BCUT2D eigenvalue weighted by molar-refractivity contribution is 5.83. The van der Waals surface area contributed by atoms with Crippen molar-refractivity contribution in [2.75, 3.05) is 4.90 Å². The van der Waals surface area contributed by atoms with E-state index in [2.05, 4.69) is 0 Å². The van der Waals surface area contributed by atoms with E-state index in [1.54, 1.807) is 32.9 Å². The second-order valence-corrected chi connectivity index (χ2v) is 3.72. The number of hydrogen-bond donors (Lipinski definition) is 0. The first-order valence-corrected chi connectivity index (χ1v) is 3.97. The summed E-state index contributed by atoms with van der Waals surface area (Å²) in [7, 11) is 0. The Balaban J connectivity index is 3.01. The molecule has 4 nitrogen and oxygen atoms in total. The molecule has 1 aromatic heterocycles. The number of furan rings is 1. The monoisotopic (exact) mass is 182 g/mol. The standard InChI is InChI=1S/C9H13NO3/c1-9(2,3)10(8(11)12)7-5-4-6-13-7/h4-6H,1-3H3,(H,11,12)/p-1. The van der Waals surface area contributed by atoms with E-state index in [1.807, 2.05) is 0 Å². The Bertz CT molecular complexity index is 284. The molecule has 0 fully saturated rings. The van der Waals surface area contributed by atoms with Gasteiger partial charge in [-0.2, -0.15) is 0 Å². The van der Waals surface area contributed by atoms with Gasteiger partial charge in [0.15, 0.2) is 0 Å². The number of carbonyl (C=O) groups is 1. The molecule has 0 aliphatic carbocycles. The van der Waals surface area contributed by atoms with Crippen LogP contribution in [0.5, 0.6) is 0 Å². The first-order chi connectivity index (χ1) is 5.93. The number of hydrogen-bond acceptors (Lipinski definition) is 3. The molecule has 0 N–H and O–H groups in total. The maximum atomic E-state index is 10.8. The molecule has 1 rings (SSSR count). The van der Waals surface area contributed by atoms with E-state index in [1.165, 1.54) is 6.26 Å². The predicted molar refractivity (Wildman–Crippen MR) is 46.3 cm³/mol. The Morgan fingerprint density at radius 1 is 1.54 bits per heavy atom. The summed E-state index contributed by atoms with van der Waals surface area (Å²) in [6.07, 6.45) is 0.166. The Labute approximate surface area is 76.8 Å². The van der Waals surface area contributed by atoms with Gasteiger partial charge in [-0.05, 0) is 26.8 Å². The Hall–Kier alpha value is -1.45. The van der Waals surface area contributed by atoms with E-state index in [4.69, 9.17) is 4.42 Å². The van der Waals surface area contributed by atoms with Crippen molar-refractivity contribution in [3.05, 3.63) is 18.4 Å². The van der Waals surface area contributed by atoms with Gasteiger partial charge < -0.3 is 14.3 Å². The number of carboxylic acid groups (broad SMARTS) is 1. The lowest BCUT2D eigenvalue weighted by atomic mass is 10.1. The summed E-state index contributed by atoms with van der Waals surface area (Å²) >= 11 is 0. The van der Waals surface area contributed by atoms with E-state index in [0.717, 1.165) is 4.90 Å². The summed E-state index contributed by atoms with van der Waals surface area (Å²) < 4.78 is 4.99. The van der Waals surface area contributed by atoms with Gasteiger partial charge in [-0.15, -0.1) is 0 Å². The minimum absolute atomic E-state index is 0.285. The lowest BCUT2D eigenvalue weighted by Gasteiger charge is -2.35. The zero-order valence-corrected chi connectivity index (χ0v) is 7.90. The third-order valence-electron chi connectivity index (χ3n) is 1.58. The van der Waals surface area contributed by atoms with Crippen LogP contribution in [0.25, 0.3) is 0 Å².